The van der Waals surface area contributed by atoms with Gasteiger partial charge in [-0.15, -0.1) is 0 Å². The van der Waals surface area contributed by atoms with Gasteiger partial charge in [0.05, 0.1) is 21.9 Å². The molecule has 0 saturated carbocycles. The smallest absolute Gasteiger partial charge is 0.288 e. The van der Waals surface area contributed by atoms with Gasteiger partial charge >= 0.3 is 0 Å². The lowest BCUT2D eigenvalue weighted by molar-refractivity contribution is -0.384. The normalized spacial score (nSPS) is 15.6. The predicted octanol–water partition coefficient (Wildman–Crippen LogP) is 3.52. The summed E-state index contributed by atoms with van der Waals surface area (Å²) in [5, 5.41) is 16.6. The molecule has 0 aliphatic carbocycles. The number of nitrogens with two attached hydrogens (primary N) is 1. The average molecular weight is 577 g/mol. The maximum Gasteiger partial charge on any atom is 0.288 e. The van der Waals surface area contributed by atoms with E-state index in [0.29, 0.717) is 10.6 Å². The molecule has 196 valence electrons. The lowest BCUT2D eigenvalue weighted by Gasteiger charge is -2.28. The molecular weight excluding hydrogens is 559 g/mol. The standard InChI is InChI=1S/C24H18Cl2N4O7S/c25-18-4-2-1-3-15(18)13-28(23(32)14-5-10-19(26)20(11-14)30(34)35)21-12-22(31)29(24(21)33)16-6-8-17(9-7-16)38(27,36)37/h1-11,21H,12-13H2,(H2,27,36,37). The summed E-state index contributed by atoms with van der Waals surface area (Å²) in [6.45, 7) is -0.184. The molecular formula is C24H18Cl2N4O7S. The van der Waals surface area contributed by atoms with Gasteiger partial charge in [0.25, 0.3) is 17.5 Å². The quantitative estimate of drug-likeness (QED) is 0.255. The molecule has 38 heavy (non-hydrogen) atoms. The van der Waals surface area contributed by atoms with Crippen molar-refractivity contribution >= 4 is 62.3 Å². The zero-order chi connectivity index (χ0) is 27.8. The van der Waals surface area contributed by atoms with Crippen LogP contribution in [-0.2, 0) is 26.2 Å². The molecule has 1 aliphatic heterocycles. The molecule has 0 bridgehead atoms. The molecule has 3 amide bonds. The lowest BCUT2D eigenvalue weighted by Crippen LogP contribution is -2.45. The van der Waals surface area contributed by atoms with Gasteiger partial charge < -0.3 is 4.90 Å². The number of anilines is 1. The first-order chi connectivity index (χ1) is 17.9. The second kappa shape index (κ2) is 10.5. The van der Waals surface area contributed by atoms with Gasteiger partial charge in [-0.3, -0.25) is 24.5 Å². The second-order valence-electron chi connectivity index (χ2n) is 8.27. The Bertz CT molecular complexity index is 1580. The zero-order valence-electron chi connectivity index (χ0n) is 19.3. The number of primary sulfonamides is 1. The van der Waals surface area contributed by atoms with Gasteiger partial charge in [0.15, 0.2) is 0 Å². The summed E-state index contributed by atoms with van der Waals surface area (Å²) in [5.41, 5.74) is -0.0608. The van der Waals surface area contributed by atoms with Gasteiger partial charge in [0.1, 0.15) is 11.1 Å². The number of carbonyl (C=O) groups is 3. The van der Waals surface area contributed by atoms with Crippen molar-refractivity contribution in [2.45, 2.75) is 23.9 Å². The van der Waals surface area contributed by atoms with Crippen LogP contribution < -0.4 is 10.0 Å². The number of nitro groups is 1. The van der Waals surface area contributed by atoms with E-state index in [1.165, 1.54) is 24.3 Å². The Labute approximate surface area is 226 Å². The van der Waals surface area contributed by atoms with Crippen LogP contribution >= 0.6 is 23.2 Å². The fraction of sp³-hybridized carbons (Fsp3) is 0.125. The summed E-state index contributed by atoms with van der Waals surface area (Å²) in [6, 6.07) is 13.6. The van der Waals surface area contributed by atoms with Crippen molar-refractivity contribution in [2.75, 3.05) is 4.90 Å². The topological polar surface area (TPSA) is 161 Å². The zero-order valence-corrected chi connectivity index (χ0v) is 21.6. The van der Waals surface area contributed by atoms with E-state index in [-0.39, 0.29) is 34.1 Å². The number of hydrogen-bond donors (Lipinski definition) is 1. The van der Waals surface area contributed by atoms with Gasteiger partial charge in [0, 0.05) is 23.2 Å². The maximum absolute atomic E-state index is 13.6. The number of rotatable bonds is 7. The highest BCUT2D eigenvalue weighted by molar-refractivity contribution is 7.89. The molecule has 1 unspecified atom stereocenters. The number of sulfonamides is 1. The minimum Gasteiger partial charge on any atom is -0.322 e. The molecule has 11 nitrogen and oxygen atoms in total. The average Bonchev–Trinajstić information content (AvgIpc) is 3.16. The third kappa shape index (κ3) is 5.38. The minimum atomic E-state index is -4.00. The van der Waals surface area contributed by atoms with Crippen LogP contribution in [0.3, 0.4) is 0 Å². The summed E-state index contributed by atoms with van der Waals surface area (Å²) in [4.78, 5) is 52.4. The van der Waals surface area contributed by atoms with Gasteiger partial charge in [-0.2, -0.15) is 0 Å². The summed E-state index contributed by atoms with van der Waals surface area (Å²) >= 11 is 12.2. The number of nitro benzene ring substituents is 1. The minimum absolute atomic E-state index is 0.0853. The first-order valence-electron chi connectivity index (χ1n) is 10.9. The van der Waals surface area contributed by atoms with E-state index in [2.05, 4.69) is 0 Å². The number of hydrogen-bond acceptors (Lipinski definition) is 7. The first kappa shape index (κ1) is 27.2. The highest BCUT2D eigenvalue weighted by atomic mass is 35.5. The Morgan fingerprint density at radius 3 is 2.32 bits per heavy atom. The van der Waals surface area contributed by atoms with Crippen LogP contribution in [0.1, 0.15) is 22.3 Å². The van der Waals surface area contributed by atoms with Crippen LogP contribution in [0.4, 0.5) is 11.4 Å². The van der Waals surface area contributed by atoms with Crippen LogP contribution in [0.25, 0.3) is 0 Å². The molecule has 2 N–H and O–H groups in total. The molecule has 0 radical (unpaired) electrons. The van der Waals surface area contributed by atoms with E-state index >= 15 is 0 Å². The Morgan fingerprint density at radius 2 is 1.71 bits per heavy atom. The highest BCUT2D eigenvalue weighted by Crippen LogP contribution is 2.31. The van der Waals surface area contributed by atoms with Crippen molar-refractivity contribution in [3.8, 4) is 0 Å². The molecule has 14 heteroatoms. The summed E-state index contributed by atoms with van der Waals surface area (Å²) in [7, 11) is -4.00. The van der Waals surface area contributed by atoms with Crippen molar-refractivity contribution in [1.29, 1.82) is 0 Å². The third-order valence-electron chi connectivity index (χ3n) is 5.87. The number of nitrogens with zero attached hydrogens (tertiary/aromatic N) is 3. The van der Waals surface area contributed by atoms with E-state index in [0.717, 1.165) is 28.0 Å². The number of amides is 3. The maximum atomic E-state index is 13.6. The Morgan fingerprint density at radius 1 is 1.05 bits per heavy atom. The van der Waals surface area contributed by atoms with E-state index in [4.69, 9.17) is 28.3 Å². The van der Waals surface area contributed by atoms with Crippen molar-refractivity contribution in [3.63, 3.8) is 0 Å². The van der Waals surface area contributed by atoms with Crippen molar-refractivity contribution in [2.24, 2.45) is 5.14 Å². The van der Waals surface area contributed by atoms with Crippen LogP contribution in [-0.4, -0.2) is 42.0 Å². The van der Waals surface area contributed by atoms with E-state index in [1.54, 1.807) is 24.3 Å². The molecule has 4 rings (SSSR count). The second-order valence-corrected chi connectivity index (χ2v) is 10.6. The summed E-state index contributed by atoms with van der Waals surface area (Å²) in [6.07, 6.45) is -0.387. The van der Waals surface area contributed by atoms with Gasteiger partial charge in [0.2, 0.25) is 15.9 Å². The largest absolute Gasteiger partial charge is 0.322 e. The van der Waals surface area contributed by atoms with Crippen LogP contribution in [0, 0.1) is 10.1 Å². The molecule has 3 aromatic carbocycles. The number of carbonyl (C=O) groups excluding carboxylic acids is 3. The van der Waals surface area contributed by atoms with Gasteiger partial charge in [-0.05, 0) is 48.0 Å². The lowest BCUT2D eigenvalue weighted by atomic mass is 10.1. The first-order valence-corrected chi connectivity index (χ1v) is 13.2. The Kier molecular flexibility index (Phi) is 7.51. The molecule has 1 saturated heterocycles. The van der Waals surface area contributed by atoms with Crippen LogP contribution in [0.15, 0.2) is 71.6 Å². The van der Waals surface area contributed by atoms with Crippen LogP contribution in [0.5, 0.6) is 0 Å². The summed E-state index contributed by atoms with van der Waals surface area (Å²) < 4.78 is 23.1. The highest BCUT2D eigenvalue weighted by Gasteiger charge is 2.45. The molecule has 1 aliphatic rings. The molecule has 0 aromatic heterocycles. The molecule has 0 spiro atoms. The number of benzene rings is 3. The monoisotopic (exact) mass is 576 g/mol. The Balaban J connectivity index is 1.73. The fourth-order valence-electron chi connectivity index (χ4n) is 4.00. The Hall–Kier alpha value is -3.84. The van der Waals surface area contributed by atoms with E-state index in [1.807, 2.05) is 0 Å². The fourth-order valence-corrected chi connectivity index (χ4v) is 4.90. The predicted molar refractivity (Wildman–Crippen MR) is 138 cm³/mol. The van der Waals surface area contributed by atoms with Gasteiger partial charge in [-0.25, -0.2) is 18.5 Å². The van der Waals surface area contributed by atoms with Crippen LogP contribution in [0.2, 0.25) is 10.0 Å². The SMILES string of the molecule is NS(=O)(=O)c1ccc(N2C(=O)CC(N(Cc3ccccc3Cl)C(=O)c3ccc(Cl)c([N+](=O)[O-])c3)C2=O)cc1. The number of halogens is 2. The molecule has 3 aromatic rings. The summed E-state index contributed by atoms with van der Waals surface area (Å²) in [5.74, 6) is -2.15. The van der Waals surface area contributed by atoms with E-state index in [9.17, 15) is 32.9 Å². The molecule has 1 atom stereocenters. The molecule has 1 fully saturated rings. The van der Waals surface area contributed by atoms with Gasteiger partial charge in [-0.1, -0.05) is 41.4 Å². The van der Waals surface area contributed by atoms with Crippen molar-refractivity contribution in [3.05, 3.63) is 98.0 Å². The molecule has 1 heterocycles. The van der Waals surface area contributed by atoms with Crippen molar-refractivity contribution in [1.82, 2.24) is 4.90 Å². The third-order valence-corrected chi connectivity index (χ3v) is 7.49. The van der Waals surface area contributed by atoms with E-state index < -0.39 is 44.4 Å². The van der Waals surface area contributed by atoms with Crippen molar-refractivity contribution < 1.29 is 27.7 Å². The number of imide groups is 1.